The Hall–Kier alpha value is -3.42. The van der Waals surface area contributed by atoms with Crippen molar-refractivity contribution in [3.05, 3.63) is 81.3 Å². The number of hydrogen-bond acceptors (Lipinski definition) is 6. The summed E-state index contributed by atoms with van der Waals surface area (Å²) in [6.45, 7) is 2.58. The van der Waals surface area contributed by atoms with E-state index in [9.17, 15) is 4.79 Å². The monoisotopic (exact) mass is 502 g/mol. The average Bonchev–Trinajstić information content (AvgIpc) is 2.84. The summed E-state index contributed by atoms with van der Waals surface area (Å²) >= 11 is 12.4. The van der Waals surface area contributed by atoms with E-state index < -0.39 is 5.91 Å². The maximum Gasteiger partial charge on any atom is 0.275 e. The molecule has 1 N–H and O–H groups in total. The van der Waals surface area contributed by atoms with Gasteiger partial charge in [0.1, 0.15) is 18.1 Å². The lowest BCUT2D eigenvalue weighted by molar-refractivity contribution is 0.0952. The average molecular weight is 503 g/mol. The molecule has 0 atom stereocenters. The first-order valence-electron chi connectivity index (χ1n) is 10.3. The SMILES string of the molecule is CCOc1cc(/C=N\NC(=O)c2ccc(OC)cc2OC)cc(Cl)c1OCc1ccc(Cl)cc1. The quantitative estimate of drug-likeness (QED) is 0.282. The molecule has 0 saturated heterocycles. The molecule has 7 nitrogen and oxygen atoms in total. The van der Waals surface area contributed by atoms with E-state index in [-0.39, 0.29) is 0 Å². The Balaban J connectivity index is 1.73. The van der Waals surface area contributed by atoms with Gasteiger partial charge in [-0.05, 0) is 54.4 Å². The van der Waals surface area contributed by atoms with Crippen LogP contribution in [0, 0.1) is 0 Å². The fourth-order valence-electron chi connectivity index (χ4n) is 3.01. The predicted molar refractivity (Wildman–Crippen MR) is 133 cm³/mol. The summed E-state index contributed by atoms with van der Waals surface area (Å²) in [6, 6.07) is 15.6. The van der Waals surface area contributed by atoms with Gasteiger partial charge in [-0.1, -0.05) is 35.3 Å². The van der Waals surface area contributed by atoms with Crippen LogP contribution in [-0.2, 0) is 6.61 Å². The van der Waals surface area contributed by atoms with Crippen molar-refractivity contribution in [2.45, 2.75) is 13.5 Å². The minimum absolute atomic E-state index is 0.296. The number of nitrogens with zero attached hydrogens (tertiary/aromatic N) is 1. The molecular formula is C25H24Cl2N2O5. The molecule has 0 unspecified atom stereocenters. The first-order valence-corrected chi connectivity index (χ1v) is 11.1. The summed E-state index contributed by atoms with van der Waals surface area (Å²) in [7, 11) is 3.01. The number of benzene rings is 3. The van der Waals surface area contributed by atoms with Crippen LogP contribution >= 0.6 is 23.2 Å². The smallest absolute Gasteiger partial charge is 0.275 e. The van der Waals surface area contributed by atoms with Crippen LogP contribution in [0.1, 0.15) is 28.4 Å². The van der Waals surface area contributed by atoms with Crippen molar-refractivity contribution in [2.75, 3.05) is 20.8 Å². The molecule has 0 aliphatic heterocycles. The Morgan fingerprint density at radius 3 is 2.41 bits per heavy atom. The van der Waals surface area contributed by atoms with Crippen molar-refractivity contribution < 1.29 is 23.7 Å². The molecule has 0 fully saturated rings. The first kappa shape index (κ1) is 25.2. The third-order valence-corrected chi connectivity index (χ3v) is 5.19. The zero-order valence-electron chi connectivity index (χ0n) is 18.9. The van der Waals surface area contributed by atoms with Crippen LogP contribution < -0.4 is 24.4 Å². The van der Waals surface area contributed by atoms with E-state index in [1.807, 2.05) is 19.1 Å². The van der Waals surface area contributed by atoms with E-state index >= 15 is 0 Å². The molecule has 1 amide bonds. The molecule has 0 heterocycles. The fourth-order valence-corrected chi connectivity index (χ4v) is 3.41. The summed E-state index contributed by atoms with van der Waals surface area (Å²) < 4.78 is 22.0. The van der Waals surface area contributed by atoms with Crippen molar-refractivity contribution in [2.24, 2.45) is 5.10 Å². The maximum atomic E-state index is 12.5. The van der Waals surface area contributed by atoms with E-state index in [1.54, 1.807) is 42.5 Å². The van der Waals surface area contributed by atoms with E-state index in [0.29, 0.717) is 57.4 Å². The highest BCUT2D eigenvalue weighted by Crippen LogP contribution is 2.37. The molecule has 0 radical (unpaired) electrons. The molecule has 0 aliphatic carbocycles. The van der Waals surface area contributed by atoms with Gasteiger partial charge < -0.3 is 18.9 Å². The largest absolute Gasteiger partial charge is 0.497 e. The van der Waals surface area contributed by atoms with Gasteiger partial charge >= 0.3 is 0 Å². The van der Waals surface area contributed by atoms with Gasteiger partial charge in [0.05, 0.1) is 37.6 Å². The molecule has 0 bridgehead atoms. The highest BCUT2D eigenvalue weighted by Gasteiger charge is 2.14. The lowest BCUT2D eigenvalue weighted by Crippen LogP contribution is -2.18. The van der Waals surface area contributed by atoms with E-state index in [2.05, 4.69) is 10.5 Å². The second-order valence-corrected chi connectivity index (χ2v) is 7.79. The molecule has 9 heteroatoms. The van der Waals surface area contributed by atoms with Gasteiger partial charge in [-0.15, -0.1) is 0 Å². The van der Waals surface area contributed by atoms with Crippen molar-refractivity contribution in [3.8, 4) is 23.0 Å². The zero-order valence-corrected chi connectivity index (χ0v) is 20.4. The molecule has 0 aliphatic rings. The molecular weight excluding hydrogens is 479 g/mol. The first-order chi connectivity index (χ1) is 16.4. The highest BCUT2D eigenvalue weighted by molar-refractivity contribution is 6.32. The Morgan fingerprint density at radius 1 is 0.971 bits per heavy atom. The predicted octanol–water partition coefficient (Wildman–Crippen LogP) is 5.75. The number of methoxy groups -OCH3 is 2. The number of carbonyl (C=O) groups is 1. The fraction of sp³-hybridized carbons (Fsp3) is 0.200. The van der Waals surface area contributed by atoms with Crippen molar-refractivity contribution >= 4 is 35.3 Å². The molecule has 0 spiro atoms. The Kier molecular flexibility index (Phi) is 9.01. The zero-order chi connectivity index (χ0) is 24.5. The number of hydrazone groups is 1. The number of nitrogens with one attached hydrogen (secondary N) is 1. The van der Waals surface area contributed by atoms with Gasteiger partial charge in [-0.25, -0.2) is 5.43 Å². The van der Waals surface area contributed by atoms with Crippen LogP contribution in [-0.4, -0.2) is 32.9 Å². The van der Waals surface area contributed by atoms with Crippen LogP contribution in [0.5, 0.6) is 23.0 Å². The van der Waals surface area contributed by atoms with E-state index in [0.717, 1.165) is 5.56 Å². The van der Waals surface area contributed by atoms with Crippen molar-refractivity contribution in [1.29, 1.82) is 0 Å². The number of amides is 1. The van der Waals surface area contributed by atoms with Gasteiger partial charge in [0.2, 0.25) is 0 Å². The van der Waals surface area contributed by atoms with Gasteiger partial charge in [-0.3, -0.25) is 4.79 Å². The minimum Gasteiger partial charge on any atom is -0.497 e. The normalized spacial score (nSPS) is 10.7. The summed E-state index contributed by atoms with van der Waals surface area (Å²) in [6.07, 6.45) is 1.46. The molecule has 0 aromatic heterocycles. The second-order valence-electron chi connectivity index (χ2n) is 6.94. The molecule has 0 saturated carbocycles. The van der Waals surface area contributed by atoms with Gasteiger partial charge in [-0.2, -0.15) is 5.10 Å². The molecule has 3 aromatic carbocycles. The van der Waals surface area contributed by atoms with Crippen LogP contribution in [0.3, 0.4) is 0 Å². The second kappa shape index (κ2) is 12.2. The molecule has 3 rings (SSSR count). The topological polar surface area (TPSA) is 78.4 Å². The summed E-state index contributed by atoms with van der Waals surface area (Å²) in [5.74, 6) is 1.40. The Labute approximate surface area is 208 Å². The molecule has 34 heavy (non-hydrogen) atoms. The Bertz CT molecular complexity index is 1170. The summed E-state index contributed by atoms with van der Waals surface area (Å²) in [5.41, 5.74) is 4.35. The number of ether oxygens (including phenoxy) is 4. The van der Waals surface area contributed by atoms with Crippen LogP contribution in [0.25, 0.3) is 0 Å². The minimum atomic E-state index is -0.435. The lowest BCUT2D eigenvalue weighted by atomic mass is 10.2. The molecule has 3 aromatic rings. The summed E-state index contributed by atoms with van der Waals surface area (Å²) in [4.78, 5) is 12.5. The lowest BCUT2D eigenvalue weighted by Gasteiger charge is -2.14. The van der Waals surface area contributed by atoms with Crippen LogP contribution in [0.2, 0.25) is 10.0 Å². The standard InChI is InChI=1S/C25H24Cl2N2O5/c1-4-33-23-12-17(11-21(27)24(23)34-15-16-5-7-18(26)8-6-16)14-28-29-25(30)20-10-9-19(31-2)13-22(20)32-3/h5-14H,4,15H2,1-3H3,(H,29,30)/b28-14-. The van der Waals surface area contributed by atoms with Gasteiger partial charge in [0, 0.05) is 11.1 Å². The van der Waals surface area contributed by atoms with E-state index in [1.165, 1.54) is 20.4 Å². The number of hydrogen-bond donors (Lipinski definition) is 1. The van der Waals surface area contributed by atoms with Crippen molar-refractivity contribution in [3.63, 3.8) is 0 Å². The maximum absolute atomic E-state index is 12.5. The Morgan fingerprint density at radius 2 is 1.74 bits per heavy atom. The third-order valence-electron chi connectivity index (χ3n) is 4.66. The van der Waals surface area contributed by atoms with Crippen molar-refractivity contribution in [1.82, 2.24) is 5.43 Å². The van der Waals surface area contributed by atoms with Gasteiger partial charge in [0.25, 0.3) is 5.91 Å². The number of carbonyl (C=O) groups excluding carboxylic acids is 1. The van der Waals surface area contributed by atoms with Gasteiger partial charge in [0.15, 0.2) is 11.5 Å². The molecule has 178 valence electrons. The van der Waals surface area contributed by atoms with E-state index in [4.69, 9.17) is 42.1 Å². The highest BCUT2D eigenvalue weighted by atomic mass is 35.5. The number of halogens is 2. The third kappa shape index (κ3) is 6.56. The summed E-state index contributed by atoms with van der Waals surface area (Å²) in [5, 5.41) is 5.03. The van der Waals surface area contributed by atoms with Crippen LogP contribution in [0.4, 0.5) is 0 Å². The number of rotatable bonds is 10. The van der Waals surface area contributed by atoms with Crippen LogP contribution in [0.15, 0.2) is 59.7 Å².